The monoisotopic (exact) mass is 404 g/mol. The van der Waals surface area contributed by atoms with E-state index in [1.165, 1.54) is 4.31 Å². The van der Waals surface area contributed by atoms with Crippen molar-refractivity contribution < 1.29 is 17.9 Å². The minimum absolute atomic E-state index is 0.207. The summed E-state index contributed by atoms with van der Waals surface area (Å²) in [6.45, 7) is 3.66. The van der Waals surface area contributed by atoms with Crippen molar-refractivity contribution in [2.45, 2.75) is 32.7 Å². The quantitative estimate of drug-likeness (QED) is 0.696. The molecule has 0 bridgehead atoms. The van der Waals surface area contributed by atoms with Gasteiger partial charge < -0.3 is 10.1 Å². The molecule has 0 saturated carbocycles. The molecule has 0 aliphatic heterocycles. The predicted molar refractivity (Wildman–Crippen MR) is 112 cm³/mol. The van der Waals surface area contributed by atoms with Crippen LogP contribution in [-0.2, 0) is 21.2 Å². The molecule has 0 aliphatic carbocycles. The van der Waals surface area contributed by atoms with Crippen molar-refractivity contribution >= 4 is 21.6 Å². The van der Waals surface area contributed by atoms with Gasteiger partial charge in [-0.3, -0.25) is 9.10 Å². The average molecular weight is 405 g/mol. The number of hydrogen-bond donors (Lipinski definition) is 1. The molecule has 0 fully saturated rings. The Morgan fingerprint density at radius 2 is 1.75 bits per heavy atom. The van der Waals surface area contributed by atoms with E-state index in [-0.39, 0.29) is 18.5 Å². The number of amides is 1. The lowest BCUT2D eigenvalue weighted by atomic mass is 10.0. The summed E-state index contributed by atoms with van der Waals surface area (Å²) in [6.07, 6.45) is 2.48. The molecule has 152 valence electrons. The molecule has 0 radical (unpaired) electrons. The molecule has 0 aliphatic rings. The molecule has 2 rings (SSSR count). The van der Waals surface area contributed by atoms with Crippen LogP contribution in [0.3, 0.4) is 0 Å². The maximum Gasteiger partial charge on any atom is 0.241 e. The maximum absolute atomic E-state index is 12.7. The van der Waals surface area contributed by atoms with Crippen LogP contribution in [0.1, 0.15) is 37.4 Å². The molecule has 7 heteroatoms. The molecular formula is C21H28N2O4S. The Morgan fingerprint density at radius 1 is 1.11 bits per heavy atom. The lowest BCUT2D eigenvalue weighted by Crippen LogP contribution is -2.41. The zero-order valence-corrected chi connectivity index (χ0v) is 17.6. The van der Waals surface area contributed by atoms with Crippen molar-refractivity contribution in [3.8, 4) is 5.75 Å². The van der Waals surface area contributed by atoms with Crippen LogP contribution in [0.15, 0.2) is 48.5 Å². The van der Waals surface area contributed by atoms with E-state index in [1.807, 2.05) is 50.2 Å². The Labute approximate surface area is 167 Å². The molecule has 0 aromatic heterocycles. The van der Waals surface area contributed by atoms with Crippen LogP contribution in [0, 0.1) is 0 Å². The number of para-hydroxylation sites is 1. The number of carbonyl (C=O) groups is 1. The summed E-state index contributed by atoms with van der Waals surface area (Å²) in [5.41, 5.74) is 2.36. The molecule has 0 spiro atoms. The summed E-state index contributed by atoms with van der Waals surface area (Å²) in [6, 6.07) is 14.5. The van der Waals surface area contributed by atoms with Crippen molar-refractivity contribution in [1.82, 2.24) is 5.32 Å². The lowest BCUT2D eigenvalue weighted by Gasteiger charge is -2.25. The van der Waals surface area contributed by atoms with E-state index in [2.05, 4.69) is 5.32 Å². The van der Waals surface area contributed by atoms with Crippen molar-refractivity contribution in [2.75, 3.05) is 24.2 Å². The summed E-state index contributed by atoms with van der Waals surface area (Å²) in [5.74, 6) is 0.392. The third kappa shape index (κ3) is 5.48. The van der Waals surface area contributed by atoms with Crippen LogP contribution in [0.25, 0.3) is 0 Å². The van der Waals surface area contributed by atoms with Gasteiger partial charge in [-0.1, -0.05) is 44.2 Å². The molecule has 1 atom stereocenters. The number of benzene rings is 2. The second-order valence-electron chi connectivity index (χ2n) is 6.55. The summed E-state index contributed by atoms with van der Waals surface area (Å²) in [4.78, 5) is 12.7. The molecule has 6 nitrogen and oxygen atoms in total. The van der Waals surface area contributed by atoms with E-state index in [0.29, 0.717) is 18.5 Å². The molecule has 0 unspecified atom stereocenters. The Morgan fingerprint density at radius 3 is 2.29 bits per heavy atom. The van der Waals surface area contributed by atoms with Gasteiger partial charge in [-0.2, -0.15) is 0 Å². The van der Waals surface area contributed by atoms with Gasteiger partial charge in [0, 0.05) is 0 Å². The van der Waals surface area contributed by atoms with Gasteiger partial charge in [0.2, 0.25) is 15.9 Å². The number of methoxy groups -OCH3 is 1. The van der Waals surface area contributed by atoms with E-state index < -0.39 is 10.0 Å². The highest BCUT2D eigenvalue weighted by Crippen LogP contribution is 2.24. The Kier molecular flexibility index (Phi) is 7.45. The Bertz CT molecular complexity index is 895. The number of ether oxygens (including phenoxy) is 1. The van der Waals surface area contributed by atoms with Gasteiger partial charge in [-0.05, 0) is 42.2 Å². The van der Waals surface area contributed by atoms with E-state index in [0.717, 1.165) is 23.1 Å². The second kappa shape index (κ2) is 9.59. The molecule has 0 saturated heterocycles. The fourth-order valence-electron chi connectivity index (χ4n) is 3.06. The number of nitrogens with zero attached hydrogens (tertiary/aromatic N) is 1. The Balaban J connectivity index is 2.20. The van der Waals surface area contributed by atoms with E-state index in [1.54, 1.807) is 19.2 Å². The largest absolute Gasteiger partial charge is 0.497 e. The van der Waals surface area contributed by atoms with Gasteiger partial charge in [0.1, 0.15) is 12.3 Å². The SMILES string of the molecule is CCc1ccccc1N(CC(=O)N[C@H](CC)c1ccc(OC)cc1)S(C)(=O)=O. The van der Waals surface area contributed by atoms with Crippen molar-refractivity contribution in [3.05, 3.63) is 59.7 Å². The standard InChI is InChI=1S/C21H28N2O4S/c1-5-16-9-7-8-10-20(16)23(28(4,25)26)15-21(24)22-19(6-2)17-11-13-18(27-3)14-12-17/h7-14,19H,5-6,15H2,1-4H3,(H,22,24)/t19-/m1/s1. The zero-order valence-electron chi connectivity index (χ0n) is 16.8. The first kappa shape index (κ1) is 21.8. The highest BCUT2D eigenvalue weighted by Gasteiger charge is 2.24. The summed E-state index contributed by atoms with van der Waals surface area (Å²) in [7, 11) is -2.01. The predicted octanol–water partition coefficient (Wildman–Crippen LogP) is 3.29. The van der Waals surface area contributed by atoms with E-state index in [9.17, 15) is 13.2 Å². The second-order valence-corrected chi connectivity index (χ2v) is 8.46. The van der Waals surface area contributed by atoms with Gasteiger partial charge in [0.05, 0.1) is 25.1 Å². The van der Waals surface area contributed by atoms with Crippen LogP contribution >= 0.6 is 0 Å². The van der Waals surface area contributed by atoms with Crippen LogP contribution in [0.4, 0.5) is 5.69 Å². The zero-order chi connectivity index (χ0) is 20.7. The van der Waals surface area contributed by atoms with E-state index >= 15 is 0 Å². The minimum Gasteiger partial charge on any atom is -0.497 e. The number of carbonyl (C=O) groups excluding carboxylic acids is 1. The van der Waals surface area contributed by atoms with Gasteiger partial charge in [0.15, 0.2) is 0 Å². The lowest BCUT2D eigenvalue weighted by molar-refractivity contribution is -0.120. The number of sulfonamides is 1. The van der Waals surface area contributed by atoms with E-state index in [4.69, 9.17) is 4.74 Å². The molecule has 2 aromatic carbocycles. The summed E-state index contributed by atoms with van der Waals surface area (Å²) >= 11 is 0. The first-order valence-corrected chi connectivity index (χ1v) is 11.1. The van der Waals surface area contributed by atoms with Gasteiger partial charge in [-0.15, -0.1) is 0 Å². The fraction of sp³-hybridized carbons (Fsp3) is 0.381. The first-order valence-electron chi connectivity index (χ1n) is 9.29. The minimum atomic E-state index is -3.61. The van der Waals surface area contributed by atoms with Crippen LogP contribution in [0.5, 0.6) is 5.75 Å². The van der Waals surface area contributed by atoms with Crippen LogP contribution in [0.2, 0.25) is 0 Å². The number of nitrogens with one attached hydrogen (secondary N) is 1. The number of rotatable bonds is 9. The summed E-state index contributed by atoms with van der Waals surface area (Å²) < 4.78 is 31.1. The normalized spacial score (nSPS) is 12.3. The number of anilines is 1. The topological polar surface area (TPSA) is 75.7 Å². The third-order valence-electron chi connectivity index (χ3n) is 4.59. The third-order valence-corrected chi connectivity index (χ3v) is 5.72. The molecule has 0 heterocycles. The molecule has 2 aromatic rings. The maximum atomic E-state index is 12.7. The highest BCUT2D eigenvalue weighted by molar-refractivity contribution is 7.92. The van der Waals surface area contributed by atoms with Gasteiger partial charge in [0.25, 0.3) is 0 Å². The van der Waals surface area contributed by atoms with Gasteiger partial charge >= 0.3 is 0 Å². The fourth-order valence-corrected chi connectivity index (χ4v) is 3.95. The van der Waals surface area contributed by atoms with Crippen molar-refractivity contribution in [2.24, 2.45) is 0 Å². The average Bonchev–Trinajstić information content (AvgIpc) is 2.69. The molecular weight excluding hydrogens is 376 g/mol. The summed E-state index contributed by atoms with van der Waals surface area (Å²) in [5, 5.41) is 2.94. The van der Waals surface area contributed by atoms with Crippen LogP contribution in [-0.4, -0.2) is 34.2 Å². The molecule has 28 heavy (non-hydrogen) atoms. The van der Waals surface area contributed by atoms with Gasteiger partial charge in [-0.25, -0.2) is 8.42 Å². The Hall–Kier alpha value is -2.54. The van der Waals surface area contributed by atoms with Crippen LogP contribution < -0.4 is 14.4 Å². The van der Waals surface area contributed by atoms with Crippen molar-refractivity contribution in [3.63, 3.8) is 0 Å². The van der Waals surface area contributed by atoms with Crippen molar-refractivity contribution in [1.29, 1.82) is 0 Å². The number of aryl methyl sites for hydroxylation is 1. The highest BCUT2D eigenvalue weighted by atomic mass is 32.2. The first-order chi connectivity index (χ1) is 13.3. The number of hydrogen-bond acceptors (Lipinski definition) is 4. The smallest absolute Gasteiger partial charge is 0.241 e. The molecule has 1 amide bonds. The molecule has 1 N–H and O–H groups in total.